The van der Waals surface area contributed by atoms with Gasteiger partial charge in [-0.2, -0.15) is 0 Å². The summed E-state index contributed by atoms with van der Waals surface area (Å²) in [6, 6.07) is 15.2. The Labute approximate surface area is 119 Å². The summed E-state index contributed by atoms with van der Waals surface area (Å²) in [6.07, 6.45) is 2.25. The first-order valence-corrected chi connectivity index (χ1v) is 7.46. The van der Waals surface area contributed by atoms with E-state index in [1.165, 1.54) is 22.3 Å². The number of hydrogen-bond acceptors (Lipinski definition) is 2. The molecule has 0 saturated heterocycles. The molecule has 2 nitrogen and oxygen atoms in total. The number of nitrogens with one attached hydrogen (secondary N) is 1. The summed E-state index contributed by atoms with van der Waals surface area (Å²) in [5.41, 5.74) is 5.84. The van der Waals surface area contributed by atoms with Crippen LogP contribution in [-0.2, 0) is 12.8 Å². The molecule has 0 fully saturated rings. The molecule has 4 rings (SSSR count). The molecule has 2 heterocycles. The van der Waals surface area contributed by atoms with Gasteiger partial charge in [0.25, 0.3) is 0 Å². The maximum absolute atomic E-state index is 5.95. The van der Waals surface area contributed by atoms with Gasteiger partial charge < -0.3 is 10.1 Å². The molecule has 2 heteroatoms. The molecule has 1 N–H and O–H groups in total. The molecular weight excluding hydrogens is 246 g/mol. The van der Waals surface area contributed by atoms with Crippen LogP contribution in [0.1, 0.15) is 28.2 Å². The molecule has 0 aliphatic carbocycles. The summed E-state index contributed by atoms with van der Waals surface area (Å²) in [6.45, 7) is 2.94. The Kier molecular flexibility index (Phi) is 2.96. The van der Waals surface area contributed by atoms with E-state index in [4.69, 9.17) is 4.74 Å². The first-order valence-electron chi connectivity index (χ1n) is 7.46. The molecule has 102 valence electrons. The van der Waals surface area contributed by atoms with E-state index in [9.17, 15) is 0 Å². The molecule has 2 aliphatic rings. The van der Waals surface area contributed by atoms with Gasteiger partial charge in [-0.15, -0.1) is 0 Å². The predicted molar refractivity (Wildman–Crippen MR) is 80.5 cm³/mol. The zero-order chi connectivity index (χ0) is 13.4. The largest absolute Gasteiger partial charge is 0.492 e. The first kappa shape index (κ1) is 12.0. The first-order chi connectivity index (χ1) is 9.93. The van der Waals surface area contributed by atoms with Crippen LogP contribution in [0.5, 0.6) is 5.75 Å². The second-order valence-corrected chi connectivity index (χ2v) is 5.64. The average molecular weight is 265 g/mol. The lowest BCUT2D eigenvalue weighted by atomic mass is 9.86. The fourth-order valence-corrected chi connectivity index (χ4v) is 3.49. The maximum Gasteiger partial charge on any atom is 0.123 e. The van der Waals surface area contributed by atoms with Gasteiger partial charge in [0.15, 0.2) is 0 Å². The van der Waals surface area contributed by atoms with E-state index >= 15 is 0 Å². The van der Waals surface area contributed by atoms with Gasteiger partial charge in [0.05, 0.1) is 6.61 Å². The molecule has 2 aliphatic heterocycles. The number of fused-ring (bicyclic) bond motifs is 3. The predicted octanol–water partition coefficient (Wildman–Crippen LogP) is 2.90. The minimum Gasteiger partial charge on any atom is -0.492 e. The van der Waals surface area contributed by atoms with E-state index < -0.39 is 0 Å². The Morgan fingerprint density at radius 1 is 0.950 bits per heavy atom. The van der Waals surface area contributed by atoms with Gasteiger partial charge in [0.2, 0.25) is 0 Å². The summed E-state index contributed by atoms with van der Waals surface area (Å²) in [5.74, 6) is 1.50. The molecule has 0 bridgehead atoms. The summed E-state index contributed by atoms with van der Waals surface area (Å²) in [7, 11) is 0. The fourth-order valence-electron chi connectivity index (χ4n) is 3.49. The van der Waals surface area contributed by atoms with Gasteiger partial charge in [0, 0.05) is 11.5 Å². The molecular formula is C18H19NO. The van der Waals surface area contributed by atoms with Gasteiger partial charge in [-0.25, -0.2) is 0 Å². The van der Waals surface area contributed by atoms with Crippen LogP contribution in [0.2, 0.25) is 0 Å². The lowest BCUT2D eigenvalue weighted by Gasteiger charge is -2.15. The quantitative estimate of drug-likeness (QED) is 0.856. The Morgan fingerprint density at radius 2 is 1.80 bits per heavy atom. The van der Waals surface area contributed by atoms with Gasteiger partial charge in [-0.3, -0.25) is 0 Å². The van der Waals surface area contributed by atoms with Gasteiger partial charge in [-0.05, 0) is 48.7 Å². The Balaban J connectivity index is 1.84. The van der Waals surface area contributed by atoms with Crippen LogP contribution in [0, 0.1) is 0 Å². The van der Waals surface area contributed by atoms with Crippen LogP contribution in [0.3, 0.4) is 0 Å². The highest BCUT2D eigenvalue weighted by molar-refractivity contribution is 5.53. The summed E-state index contributed by atoms with van der Waals surface area (Å²) < 4.78 is 5.95. The van der Waals surface area contributed by atoms with Crippen molar-refractivity contribution >= 4 is 0 Å². The average Bonchev–Trinajstić information content (AvgIpc) is 2.79. The zero-order valence-electron chi connectivity index (χ0n) is 11.6. The van der Waals surface area contributed by atoms with Crippen LogP contribution >= 0.6 is 0 Å². The highest BCUT2D eigenvalue weighted by Crippen LogP contribution is 2.42. The van der Waals surface area contributed by atoms with Crippen LogP contribution < -0.4 is 10.1 Å². The highest BCUT2D eigenvalue weighted by atomic mass is 16.5. The second kappa shape index (κ2) is 4.95. The smallest absolute Gasteiger partial charge is 0.123 e. The molecule has 0 radical (unpaired) electrons. The standard InChI is InChI=1S/C18H19NO/c1-2-4-13(5-3-1)16-12-20-17-7-6-14-8-10-19-11-9-15(14)18(16)17/h1-7,16,19H,8-12H2. The van der Waals surface area contributed by atoms with Crippen LogP contribution in [0.15, 0.2) is 42.5 Å². The Bertz CT molecular complexity index is 621. The Morgan fingerprint density at radius 3 is 2.70 bits per heavy atom. The van der Waals surface area contributed by atoms with Crippen molar-refractivity contribution in [3.8, 4) is 5.75 Å². The van der Waals surface area contributed by atoms with E-state index in [2.05, 4.69) is 47.8 Å². The van der Waals surface area contributed by atoms with Crippen molar-refractivity contribution in [1.82, 2.24) is 5.32 Å². The minimum atomic E-state index is 0.402. The van der Waals surface area contributed by atoms with Crippen LogP contribution in [-0.4, -0.2) is 19.7 Å². The van der Waals surface area contributed by atoms with Crippen molar-refractivity contribution in [3.05, 3.63) is 64.7 Å². The lowest BCUT2D eigenvalue weighted by molar-refractivity contribution is 0.343. The lowest BCUT2D eigenvalue weighted by Crippen LogP contribution is -2.16. The molecule has 0 aromatic heterocycles. The zero-order valence-corrected chi connectivity index (χ0v) is 11.6. The molecule has 0 spiro atoms. The highest BCUT2D eigenvalue weighted by Gasteiger charge is 2.29. The molecule has 0 saturated carbocycles. The summed E-state index contributed by atoms with van der Waals surface area (Å²) >= 11 is 0. The molecule has 1 atom stereocenters. The maximum atomic E-state index is 5.95. The third kappa shape index (κ3) is 1.92. The molecule has 1 unspecified atom stereocenters. The van der Waals surface area contributed by atoms with Crippen molar-refractivity contribution < 1.29 is 4.74 Å². The van der Waals surface area contributed by atoms with E-state index in [0.29, 0.717) is 5.92 Å². The van der Waals surface area contributed by atoms with Crippen molar-refractivity contribution in [2.45, 2.75) is 18.8 Å². The number of rotatable bonds is 1. The summed E-state index contributed by atoms with van der Waals surface area (Å²) in [5, 5.41) is 3.50. The van der Waals surface area contributed by atoms with Crippen molar-refractivity contribution in [2.24, 2.45) is 0 Å². The number of hydrogen-bond donors (Lipinski definition) is 1. The molecule has 2 aromatic rings. The topological polar surface area (TPSA) is 21.3 Å². The van der Waals surface area contributed by atoms with E-state index in [0.717, 1.165) is 38.3 Å². The monoisotopic (exact) mass is 265 g/mol. The minimum absolute atomic E-state index is 0.402. The summed E-state index contributed by atoms with van der Waals surface area (Å²) in [4.78, 5) is 0. The van der Waals surface area contributed by atoms with Crippen molar-refractivity contribution in [1.29, 1.82) is 0 Å². The van der Waals surface area contributed by atoms with Gasteiger partial charge in [0.1, 0.15) is 5.75 Å². The normalized spacial score (nSPS) is 20.7. The third-order valence-corrected chi connectivity index (χ3v) is 4.49. The SMILES string of the molecule is c1ccc(C2COc3ccc4c(c32)CCNCC4)cc1. The van der Waals surface area contributed by atoms with Crippen molar-refractivity contribution in [3.63, 3.8) is 0 Å². The molecule has 20 heavy (non-hydrogen) atoms. The number of ether oxygens (including phenoxy) is 1. The molecule has 2 aromatic carbocycles. The second-order valence-electron chi connectivity index (χ2n) is 5.64. The van der Waals surface area contributed by atoms with E-state index in [1.54, 1.807) is 0 Å². The fraction of sp³-hybridized carbons (Fsp3) is 0.333. The van der Waals surface area contributed by atoms with E-state index in [-0.39, 0.29) is 0 Å². The molecule has 0 amide bonds. The van der Waals surface area contributed by atoms with Crippen molar-refractivity contribution in [2.75, 3.05) is 19.7 Å². The van der Waals surface area contributed by atoms with Gasteiger partial charge >= 0.3 is 0 Å². The van der Waals surface area contributed by atoms with E-state index in [1.807, 2.05) is 0 Å². The Hall–Kier alpha value is -1.80. The number of benzene rings is 2. The van der Waals surface area contributed by atoms with Gasteiger partial charge in [-0.1, -0.05) is 36.4 Å². The van der Waals surface area contributed by atoms with Crippen LogP contribution in [0.25, 0.3) is 0 Å². The van der Waals surface area contributed by atoms with Crippen LogP contribution in [0.4, 0.5) is 0 Å². The third-order valence-electron chi connectivity index (χ3n) is 4.49.